The molecular weight excluding hydrogens is 336 g/mol. The fourth-order valence-electron chi connectivity index (χ4n) is 3.81. The molecule has 1 atom stereocenters. The van der Waals surface area contributed by atoms with Gasteiger partial charge in [0.1, 0.15) is 0 Å². The van der Waals surface area contributed by atoms with Gasteiger partial charge in [-0.1, -0.05) is 42.5 Å². The normalized spacial score (nSPS) is 19.3. The van der Waals surface area contributed by atoms with Crippen LogP contribution in [0.25, 0.3) is 0 Å². The average Bonchev–Trinajstić information content (AvgIpc) is 3.15. The molecule has 1 aliphatic carbocycles. The summed E-state index contributed by atoms with van der Waals surface area (Å²) in [6, 6.07) is 8.72. The molecule has 0 radical (unpaired) electrons. The molecule has 0 bridgehead atoms. The van der Waals surface area contributed by atoms with E-state index >= 15 is 0 Å². The molecule has 0 spiro atoms. The fourth-order valence-corrected chi connectivity index (χ4v) is 3.81. The number of rotatable bonds is 6. The lowest BCUT2D eigenvalue weighted by Gasteiger charge is -2.30. The quantitative estimate of drug-likeness (QED) is 0.721. The highest BCUT2D eigenvalue weighted by Gasteiger charge is 2.27. The maximum absolute atomic E-state index is 12.1. The molecular formula is C22H30N4O. The summed E-state index contributed by atoms with van der Waals surface area (Å²) in [5.41, 5.74) is 11.5. The number of carbonyl (C=O) groups excluding carboxylic acids is 1. The van der Waals surface area contributed by atoms with Crippen LogP contribution in [0.4, 0.5) is 4.79 Å². The molecule has 2 aliphatic rings. The number of hydrogen-bond acceptors (Lipinski definition) is 3. The summed E-state index contributed by atoms with van der Waals surface area (Å²) in [7, 11) is 0. The van der Waals surface area contributed by atoms with Crippen molar-refractivity contribution in [2.45, 2.75) is 38.6 Å². The summed E-state index contributed by atoms with van der Waals surface area (Å²) in [6.45, 7) is 8.38. The van der Waals surface area contributed by atoms with E-state index < -0.39 is 0 Å². The predicted octanol–water partition coefficient (Wildman–Crippen LogP) is 3.51. The summed E-state index contributed by atoms with van der Waals surface area (Å²) in [4.78, 5) is 14.5. The second-order valence-corrected chi connectivity index (χ2v) is 7.38. The number of urea groups is 1. The van der Waals surface area contributed by atoms with Gasteiger partial charge < -0.3 is 21.3 Å². The highest BCUT2D eigenvalue weighted by molar-refractivity contribution is 5.74. The Hall–Kier alpha value is -2.69. The second-order valence-electron chi connectivity index (χ2n) is 7.38. The van der Waals surface area contributed by atoms with Crippen molar-refractivity contribution in [1.82, 2.24) is 15.5 Å². The van der Waals surface area contributed by atoms with Gasteiger partial charge in [0.05, 0.1) is 12.6 Å². The van der Waals surface area contributed by atoms with Gasteiger partial charge in [-0.3, -0.25) is 0 Å². The van der Waals surface area contributed by atoms with E-state index in [4.69, 9.17) is 5.73 Å². The van der Waals surface area contributed by atoms with Crippen LogP contribution < -0.4 is 16.4 Å². The molecule has 4 N–H and O–H groups in total. The molecule has 144 valence electrons. The number of allylic oxidation sites excluding steroid dienone is 3. The Morgan fingerprint density at radius 3 is 2.81 bits per heavy atom. The number of hydrogen-bond donors (Lipinski definition) is 3. The summed E-state index contributed by atoms with van der Waals surface area (Å²) in [5, 5.41) is 5.85. The Morgan fingerprint density at radius 2 is 2.07 bits per heavy atom. The van der Waals surface area contributed by atoms with E-state index in [0.29, 0.717) is 19.1 Å². The van der Waals surface area contributed by atoms with Gasteiger partial charge in [0.25, 0.3) is 0 Å². The number of amides is 2. The van der Waals surface area contributed by atoms with Gasteiger partial charge in [-0.15, -0.1) is 0 Å². The molecule has 1 aromatic carbocycles. The highest BCUT2D eigenvalue weighted by Crippen LogP contribution is 2.35. The van der Waals surface area contributed by atoms with Crippen LogP contribution in [0.5, 0.6) is 0 Å². The van der Waals surface area contributed by atoms with Crippen LogP contribution in [0.2, 0.25) is 0 Å². The van der Waals surface area contributed by atoms with Crippen molar-refractivity contribution in [3.8, 4) is 0 Å². The molecule has 1 unspecified atom stereocenters. The van der Waals surface area contributed by atoms with Crippen molar-refractivity contribution >= 4 is 6.03 Å². The average molecular weight is 367 g/mol. The largest absolute Gasteiger partial charge is 0.402 e. The SMILES string of the molecule is C=C(CNC(=O)NCC1=CC=C(N)CC1)N1CCCC1c1ccccc1C. The van der Waals surface area contributed by atoms with Crippen LogP contribution in [0.15, 0.2) is 60.0 Å². The molecule has 5 nitrogen and oxygen atoms in total. The third-order valence-electron chi connectivity index (χ3n) is 5.40. The van der Waals surface area contributed by atoms with Crippen molar-refractivity contribution < 1.29 is 4.79 Å². The summed E-state index contributed by atoms with van der Waals surface area (Å²) < 4.78 is 0. The van der Waals surface area contributed by atoms with Gasteiger partial charge in [0.15, 0.2) is 0 Å². The zero-order chi connectivity index (χ0) is 19.2. The van der Waals surface area contributed by atoms with E-state index in [0.717, 1.165) is 43.6 Å². The molecule has 1 aliphatic heterocycles. The minimum Gasteiger partial charge on any atom is -0.402 e. The molecule has 3 rings (SSSR count). The molecule has 1 fully saturated rings. The number of nitrogens with zero attached hydrogens (tertiary/aromatic N) is 1. The van der Waals surface area contributed by atoms with Gasteiger partial charge in [0.2, 0.25) is 0 Å². The Bertz CT molecular complexity index is 765. The smallest absolute Gasteiger partial charge is 0.315 e. The molecule has 1 aromatic rings. The molecule has 1 saturated heterocycles. The lowest BCUT2D eigenvalue weighted by atomic mass is 9.99. The summed E-state index contributed by atoms with van der Waals surface area (Å²) in [5.74, 6) is 0. The molecule has 27 heavy (non-hydrogen) atoms. The first-order valence-electron chi connectivity index (χ1n) is 9.70. The van der Waals surface area contributed by atoms with Crippen LogP contribution in [0, 0.1) is 6.92 Å². The second kappa shape index (κ2) is 8.80. The van der Waals surface area contributed by atoms with E-state index in [2.05, 4.69) is 53.3 Å². The van der Waals surface area contributed by atoms with Crippen molar-refractivity contribution in [1.29, 1.82) is 0 Å². The first kappa shape index (κ1) is 19.1. The Balaban J connectivity index is 1.48. The summed E-state index contributed by atoms with van der Waals surface area (Å²) >= 11 is 0. The first-order chi connectivity index (χ1) is 13.0. The Kier molecular flexibility index (Phi) is 6.22. The van der Waals surface area contributed by atoms with Gasteiger partial charge in [0, 0.05) is 24.5 Å². The van der Waals surface area contributed by atoms with Crippen LogP contribution in [0.1, 0.15) is 42.9 Å². The monoisotopic (exact) mass is 366 g/mol. The van der Waals surface area contributed by atoms with Crippen molar-refractivity contribution in [3.63, 3.8) is 0 Å². The van der Waals surface area contributed by atoms with Crippen LogP contribution in [-0.2, 0) is 0 Å². The van der Waals surface area contributed by atoms with E-state index in [1.165, 1.54) is 16.7 Å². The summed E-state index contributed by atoms with van der Waals surface area (Å²) in [6.07, 6.45) is 7.95. The standard InChI is InChI=1S/C22H30N4O/c1-16-6-3-4-7-20(16)21-8-5-13-26(21)17(2)14-24-22(27)25-15-18-9-11-19(23)12-10-18/h3-4,6-7,9,11,21H,2,5,8,10,12-15,23H2,1H3,(H2,24,25,27). The molecule has 2 amide bonds. The minimum atomic E-state index is -0.161. The fraction of sp³-hybridized carbons (Fsp3) is 0.409. The van der Waals surface area contributed by atoms with Crippen molar-refractivity contribution in [3.05, 3.63) is 71.1 Å². The number of nitrogens with one attached hydrogen (secondary N) is 2. The highest BCUT2D eigenvalue weighted by atomic mass is 16.2. The van der Waals surface area contributed by atoms with Crippen LogP contribution >= 0.6 is 0 Å². The third-order valence-corrected chi connectivity index (χ3v) is 5.40. The number of nitrogens with two attached hydrogens (primary N) is 1. The van der Waals surface area contributed by atoms with Gasteiger partial charge >= 0.3 is 6.03 Å². The molecule has 0 saturated carbocycles. The maximum Gasteiger partial charge on any atom is 0.315 e. The van der Waals surface area contributed by atoms with Crippen molar-refractivity contribution in [2.24, 2.45) is 5.73 Å². The third kappa shape index (κ3) is 4.94. The van der Waals surface area contributed by atoms with Crippen LogP contribution in [0.3, 0.4) is 0 Å². The van der Waals surface area contributed by atoms with E-state index in [1.54, 1.807) is 0 Å². The Labute approximate surface area is 162 Å². The zero-order valence-corrected chi connectivity index (χ0v) is 16.1. The number of aryl methyl sites for hydroxylation is 1. The Morgan fingerprint density at radius 1 is 1.26 bits per heavy atom. The minimum absolute atomic E-state index is 0.161. The maximum atomic E-state index is 12.1. The van der Waals surface area contributed by atoms with Gasteiger partial charge in [-0.2, -0.15) is 0 Å². The topological polar surface area (TPSA) is 70.4 Å². The van der Waals surface area contributed by atoms with Gasteiger partial charge in [-0.05, 0) is 49.8 Å². The zero-order valence-electron chi connectivity index (χ0n) is 16.1. The number of benzene rings is 1. The van der Waals surface area contributed by atoms with Crippen molar-refractivity contribution in [2.75, 3.05) is 19.6 Å². The number of carbonyl (C=O) groups is 1. The van der Waals surface area contributed by atoms with Crippen LogP contribution in [-0.4, -0.2) is 30.6 Å². The number of likely N-dealkylation sites (tertiary alicyclic amines) is 1. The predicted molar refractivity (Wildman–Crippen MR) is 110 cm³/mol. The van der Waals surface area contributed by atoms with E-state index in [9.17, 15) is 4.79 Å². The van der Waals surface area contributed by atoms with Gasteiger partial charge in [-0.25, -0.2) is 4.79 Å². The molecule has 1 heterocycles. The van der Waals surface area contributed by atoms with E-state index in [-0.39, 0.29) is 6.03 Å². The molecule has 0 aromatic heterocycles. The molecule has 5 heteroatoms. The lowest BCUT2D eigenvalue weighted by molar-refractivity contribution is 0.240. The van der Waals surface area contributed by atoms with E-state index in [1.807, 2.05) is 12.2 Å². The lowest BCUT2D eigenvalue weighted by Crippen LogP contribution is -2.39. The first-order valence-corrected chi connectivity index (χ1v) is 9.70.